The van der Waals surface area contributed by atoms with Crippen LogP contribution in [0.4, 0.5) is 0 Å². The van der Waals surface area contributed by atoms with Crippen LogP contribution in [-0.2, 0) is 9.53 Å². The van der Waals surface area contributed by atoms with Gasteiger partial charge in [-0.1, -0.05) is 30.3 Å². The van der Waals surface area contributed by atoms with Gasteiger partial charge in [-0.3, -0.25) is 4.79 Å². The molecule has 0 spiro atoms. The van der Waals surface area contributed by atoms with Crippen molar-refractivity contribution in [3.8, 4) is 11.3 Å². The van der Waals surface area contributed by atoms with Gasteiger partial charge in [0.15, 0.2) is 0 Å². The summed E-state index contributed by atoms with van der Waals surface area (Å²) in [6.07, 6.45) is 8.33. The molecule has 25 heavy (non-hydrogen) atoms. The maximum Gasteiger partial charge on any atom is 0.253 e. The first kappa shape index (κ1) is 15.9. The van der Waals surface area contributed by atoms with E-state index in [0.717, 1.165) is 61.3 Å². The molecule has 1 fully saturated rings. The molecular formula is C20H23N3O2. The van der Waals surface area contributed by atoms with Crippen LogP contribution in [0.1, 0.15) is 44.0 Å². The number of hydrogen-bond acceptors (Lipinski definition) is 3. The fourth-order valence-corrected chi connectivity index (χ4v) is 3.64. The van der Waals surface area contributed by atoms with E-state index in [1.807, 2.05) is 29.3 Å². The number of likely N-dealkylation sites (tertiary alicyclic amines) is 1. The number of carbonyl (C=O) groups excluding carboxylic acids is 1. The van der Waals surface area contributed by atoms with Crippen LogP contribution in [0.25, 0.3) is 11.3 Å². The first-order chi connectivity index (χ1) is 12.3. The average Bonchev–Trinajstić information content (AvgIpc) is 3.19. The number of ether oxygens (including phenoxy) is 1. The van der Waals surface area contributed by atoms with Gasteiger partial charge in [-0.25, -0.2) is 4.98 Å². The number of piperidine rings is 1. The van der Waals surface area contributed by atoms with Gasteiger partial charge in [0.1, 0.15) is 5.82 Å². The van der Waals surface area contributed by atoms with Gasteiger partial charge in [-0.2, -0.15) is 0 Å². The molecule has 1 amide bonds. The molecule has 5 nitrogen and oxygen atoms in total. The molecule has 1 aromatic carbocycles. The van der Waals surface area contributed by atoms with E-state index in [1.54, 1.807) is 6.26 Å². The molecule has 1 aromatic heterocycles. The van der Waals surface area contributed by atoms with Crippen LogP contribution >= 0.6 is 0 Å². The van der Waals surface area contributed by atoms with Crippen LogP contribution in [0.5, 0.6) is 0 Å². The van der Waals surface area contributed by atoms with Gasteiger partial charge < -0.3 is 14.6 Å². The van der Waals surface area contributed by atoms with Crippen LogP contribution in [0.15, 0.2) is 48.4 Å². The van der Waals surface area contributed by atoms with E-state index in [0.29, 0.717) is 6.61 Å². The number of nitrogens with one attached hydrogen (secondary N) is 1. The number of aromatic nitrogens is 2. The molecule has 5 heteroatoms. The fourth-order valence-electron chi connectivity index (χ4n) is 3.64. The number of rotatable bonds is 3. The van der Waals surface area contributed by atoms with Crippen molar-refractivity contribution in [2.45, 2.75) is 38.1 Å². The van der Waals surface area contributed by atoms with E-state index in [9.17, 15) is 4.79 Å². The molecule has 1 N–H and O–H groups in total. The third kappa shape index (κ3) is 3.31. The quantitative estimate of drug-likeness (QED) is 0.926. The second-order valence-corrected chi connectivity index (χ2v) is 6.68. The van der Waals surface area contributed by atoms with Crippen molar-refractivity contribution < 1.29 is 9.53 Å². The van der Waals surface area contributed by atoms with Crippen molar-refractivity contribution in [1.29, 1.82) is 0 Å². The molecule has 3 heterocycles. The number of aromatic amines is 1. The van der Waals surface area contributed by atoms with E-state index >= 15 is 0 Å². The van der Waals surface area contributed by atoms with Gasteiger partial charge in [0.2, 0.25) is 0 Å². The summed E-state index contributed by atoms with van der Waals surface area (Å²) in [6.45, 7) is 1.49. The van der Waals surface area contributed by atoms with Crippen LogP contribution in [0, 0.1) is 0 Å². The number of nitrogens with zero attached hydrogens (tertiary/aromatic N) is 2. The predicted octanol–water partition coefficient (Wildman–Crippen LogP) is 3.82. The SMILES string of the molecule is O=C(C1=COCCC1)N1CCCC[C@@H]1c1ncc(-c2ccccc2)[nH]1. The Morgan fingerprint density at radius 2 is 2.08 bits per heavy atom. The zero-order chi connectivity index (χ0) is 17.1. The lowest BCUT2D eigenvalue weighted by molar-refractivity contribution is -0.131. The Balaban J connectivity index is 1.58. The number of carbonyl (C=O) groups is 1. The lowest BCUT2D eigenvalue weighted by Gasteiger charge is -2.35. The van der Waals surface area contributed by atoms with Gasteiger partial charge in [0, 0.05) is 6.54 Å². The number of amides is 1. The Morgan fingerprint density at radius 1 is 1.20 bits per heavy atom. The molecule has 4 rings (SSSR count). The normalized spacial score (nSPS) is 20.7. The number of benzene rings is 1. The van der Waals surface area contributed by atoms with E-state index in [2.05, 4.69) is 22.1 Å². The second kappa shape index (κ2) is 7.13. The number of imidazole rings is 1. The van der Waals surface area contributed by atoms with E-state index in [-0.39, 0.29) is 11.9 Å². The van der Waals surface area contributed by atoms with Gasteiger partial charge >= 0.3 is 0 Å². The summed E-state index contributed by atoms with van der Waals surface area (Å²) >= 11 is 0. The van der Waals surface area contributed by atoms with Crippen LogP contribution < -0.4 is 0 Å². The minimum absolute atomic E-state index is 0.0153. The highest BCUT2D eigenvalue weighted by Gasteiger charge is 2.32. The lowest BCUT2D eigenvalue weighted by atomic mass is 9.99. The highest BCUT2D eigenvalue weighted by atomic mass is 16.5. The summed E-state index contributed by atoms with van der Waals surface area (Å²) < 4.78 is 5.36. The molecule has 0 saturated carbocycles. The molecule has 0 aliphatic carbocycles. The molecule has 1 saturated heterocycles. The summed E-state index contributed by atoms with van der Waals surface area (Å²) in [4.78, 5) is 22.9. The van der Waals surface area contributed by atoms with Crippen LogP contribution in [0.3, 0.4) is 0 Å². The van der Waals surface area contributed by atoms with Crippen molar-refractivity contribution in [3.05, 3.63) is 54.2 Å². The monoisotopic (exact) mass is 337 g/mol. The first-order valence-electron chi connectivity index (χ1n) is 9.05. The molecule has 2 aromatic rings. The molecule has 130 valence electrons. The Morgan fingerprint density at radius 3 is 2.88 bits per heavy atom. The van der Waals surface area contributed by atoms with Crippen LogP contribution in [-0.4, -0.2) is 33.9 Å². The minimum atomic E-state index is 0.0153. The molecule has 2 aliphatic heterocycles. The topological polar surface area (TPSA) is 58.2 Å². The van der Waals surface area contributed by atoms with Crippen molar-refractivity contribution in [3.63, 3.8) is 0 Å². The summed E-state index contributed by atoms with van der Waals surface area (Å²) in [5, 5.41) is 0. The van der Waals surface area contributed by atoms with Gasteiger partial charge in [0.25, 0.3) is 5.91 Å². The first-order valence-corrected chi connectivity index (χ1v) is 9.05. The van der Waals surface area contributed by atoms with Gasteiger partial charge in [-0.05, 0) is 37.7 Å². The Bertz CT molecular complexity index is 766. The third-order valence-electron chi connectivity index (χ3n) is 4.97. The van der Waals surface area contributed by atoms with E-state index in [1.165, 1.54) is 0 Å². The minimum Gasteiger partial charge on any atom is -0.501 e. The predicted molar refractivity (Wildman–Crippen MR) is 95.6 cm³/mol. The smallest absolute Gasteiger partial charge is 0.253 e. The standard InChI is InChI=1S/C20H23N3O2/c24-20(16-9-6-12-25-14-16)23-11-5-4-10-18(23)19-21-13-17(22-19)15-7-2-1-3-8-15/h1-3,7-8,13-14,18H,4-6,9-12H2,(H,21,22)/t18-/m1/s1. The maximum absolute atomic E-state index is 12.9. The highest BCUT2D eigenvalue weighted by molar-refractivity contribution is 5.93. The van der Waals surface area contributed by atoms with Crippen molar-refractivity contribution >= 4 is 5.91 Å². The van der Waals surface area contributed by atoms with Crippen molar-refractivity contribution in [1.82, 2.24) is 14.9 Å². The Labute approximate surface area is 147 Å². The molecule has 1 atom stereocenters. The summed E-state index contributed by atoms with van der Waals surface area (Å²) in [5.41, 5.74) is 2.89. The van der Waals surface area contributed by atoms with Crippen molar-refractivity contribution in [2.75, 3.05) is 13.2 Å². The highest BCUT2D eigenvalue weighted by Crippen LogP contribution is 2.32. The molecular weight excluding hydrogens is 314 g/mol. The van der Waals surface area contributed by atoms with E-state index in [4.69, 9.17) is 4.74 Å². The molecule has 0 bridgehead atoms. The van der Waals surface area contributed by atoms with Crippen LogP contribution in [0.2, 0.25) is 0 Å². The average molecular weight is 337 g/mol. The fraction of sp³-hybridized carbons (Fsp3) is 0.400. The number of hydrogen-bond donors (Lipinski definition) is 1. The molecule has 0 radical (unpaired) electrons. The van der Waals surface area contributed by atoms with E-state index < -0.39 is 0 Å². The summed E-state index contributed by atoms with van der Waals surface area (Å²) in [7, 11) is 0. The van der Waals surface area contributed by atoms with Gasteiger partial charge in [-0.15, -0.1) is 0 Å². The largest absolute Gasteiger partial charge is 0.501 e. The molecule has 2 aliphatic rings. The third-order valence-corrected chi connectivity index (χ3v) is 4.97. The second-order valence-electron chi connectivity index (χ2n) is 6.68. The zero-order valence-corrected chi connectivity index (χ0v) is 14.3. The number of H-pyrrole nitrogens is 1. The Hall–Kier alpha value is -2.56. The van der Waals surface area contributed by atoms with Gasteiger partial charge in [0.05, 0.1) is 36.4 Å². The molecule has 0 unspecified atom stereocenters. The lowest BCUT2D eigenvalue weighted by Crippen LogP contribution is -2.40. The maximum atomic E-state index is 12.9. The zero-order valence-electron chi connectivity index (χ0n) is 14.3. The summed E-state index contributed by atoms with van der Waals surface area (Å²) in [5.74, 6) is 0.978. The Kier molecular flexibility index (Phi) is 4.55. The van der Waals surface area contributed by atoms with Crippen molar-refractivity contribution in [2.24, 2.45) is 0 Å². The summed E-state index contributed by atoms with van der Waals surface area (Å²) in [6, 6.07) is 10.2.